The second-order valence-electron chi connectivity index (χ2n) is 8.99. The van der Waals surface area contributed by atoms with Crippen molar-refractivity contribution in [1.29, 1.82) is 0 Å². The molecule has 1 aliphatic rings. The van der Waals surface area contributed by atoms with Crippen LogP contribution in [0.25, 0.3) is 0 Å². The van der Waals surface area contributed by atoms with Gasteiger partial charge in [0, 0.05) is 38.4 Å². The maximum atomic E-state index is 13.4. The molecule has 4 rings (SSSR count). The topological polar surface area (TPSA) is 80.3 Å². The summed E-state index contributed by atoms with van der Waals surface area (Å²) >= 11 is 0. The van der Waals surface area contributed by atoms with Gasteiger partial charge in [-0.1, -0.05) is 30.3 Å². The number of hydrogen-bond donors (Lipinski definition) is 1. The van der Waals surface area contributed by atoms with Crippen molar-refractivity contribution in [2.75, 3.05) is 52.3 Å². The Morgan fingerprint density at radius 3 is 2.37 bits per heavy atom. The second-order valence-corrected chi connectivity index (χ2v) is 8.99. The molecule has 1 atom stereocenters. The zero-order valence-corrected chi connectivity index (χ0v) is 21.6. The van der Waals surface area contributed by atoms with Gasteiger partial charge in [-0.05, 0) is 53.6 Å². The first-order chi connectivity index (χ1) is 18.4. The van der Waals surface area contributed by atoms with Crippen LogP contribution in [0.4, 0.5) is 14.9 Å². The van der Waals surface area contributed by atoms with Crippen molar-refractivity contribution in [3.8, 4) is 5.75 Å². The fourth-order valence-electron chi connectivity index (χ4n) is 4.28. The summed E-state index contributed by atoms with van der Waals surface area (Å²) in [5.74, 6) is -0.0246. The average Bonchev–Trinajstić information content (AvgIpc) is 2.95. The van der Waals surface area contributed by atoms with E-state index in [1.54, 1.807) is 36.3 Å². The number of nitrogens with zero attached hydrogens (tertiary/aromatic N) is 2. The lowest BCUT2D eigenvalue weighted by Gasteiger charge is -2.36. The largest absolute Gasteiger partial charge is 0.497 e. The van der Waals surface area contributed by atoms with Gasteiger partial charge in [-0.15, -0.1) is 0 Å². The summed E-state index contributed by atoms with van der Waals surface area (Å²) in [5.41, 5.74) is 2.84. The number of carbonyl (C=O) groups is 2. The Hall–Kier alpha value is -3.95. The lowest BCUT2D eigenvalue weighted by Crippen LogP contribution is -2.50. The highest BCUT2D eigenvalue weighted by Gasteiger charge is 2.25. The molecule has 0 spiro atoms. The SMILES string of the molecule is COC(=O)c1ccc(COC(CN2CCN(C(=O)Nc3cccc(F)c3)CC2)c2cccc(OC)c2)cc1. The molecule has 200 valence electrons. The van der Waals surface area contributed by atoms with Crippen LogP contribution in [0.5, 0.6) is 5.75 Å². The van der Waals surface area contributed by atoms with Crippen LogP contribution in [0.1, 0.15) is 27.6 Å². The molecule has 0 radical (unpaired) electrons. The molecular formula is C29H32FN3O5. The van der Waals surface area contributed by atoms with E-state index in [4.69, 9.17) is 14.2 Å². The van der Waals surface area contributed by atoms with Crippen LogP contribution >= 0.6 is 0 Å². The third kappa shape index (κ3) is 7.30. The number of rotatable bonds is 9. The highest BCUT2D eigenvalue weighted by molar-refractivity contribution is 5.89. The molecule has 0 aliphatic carbocycles. The third-order valence-electron chi connectivity index (χ3n) is 6.45. The van der Waals surface area contributed by atoms with E-state index in [9.17, 15) is 14.0 Å². The molecule has 1 saturated heterocycles. The Morgan fingerprint density at radius 1 is 0.947 bits per heavy atom. The van der Waals surface area contributed by atoms with E-state index in [0.717, 1.165) is 16.9 Å². The molecule has 0 bridgehead atoms. The van der Waals surface area contributed by atoms with Gasteiger partial charge >= 0.3 is 12.0 Å². The van der Waals surface area contributed by atoms with Crippen LogP contribution < -0.4 is 10.1 Å². The molecule has 1 unspecified atom stereocenters. The van der Waals surface area contributed by atoms with Gasteiger partial charge in [-0.3, -0.25) is 4.90 Å². The van der Waals surface area contributed by atoms with Crippen molar-refractivity contribution < 1.29 is 28.2 Å². The van der Waals surface area contributed by atoms with E-state index in [0.29, 0.717) is 50.6 Å². The quantitative estimate of drug-likeness (QED) is 0.410. The fourth-order valence-corrected chi connectivity index (χ4v) is 4.28. The summed E-state index contributed by atoms with van der Waals surface area (Å²) in [7, 11) is 2.99. The van der Waals surface area contributed by atoms with E-state index in [1.807, 2.05) is 36.4 Å². The molecular weight excluding hydrogens is 489 g/mol. The first-order valence-electron chi connectivity index (χ1n) is 12.4. The molecule has 1 aliphatic heterocycles. The molecule has 1 heterocycles. The van der Waals surface area contributed by atoms with Crippen LogP contribution in [0.15, 0.2) is 72.8 Å². The summed E-state index contributed by atoms with van der Waals surface area (Å²) in [4.78, 5) is 28.4. The Bertz CT molecular complexity index is 1230. The number of anilines is 1. The minimum Gasteiger partial charge on any atom is -0.497 e. The molecule has 0 saturated carbocycles. The van der Waals surface area contributed by atoms with Gasteiger partial charge in [0.1, 0.15) is 11.6 Å². The summed E-state index contributed by atoms with van der Waals surface area (Å²) in [6.07, 6.45) is -0.238. The Balaban J connectivity index is 1.37. The smallest absolute Gasteiger partial charge is 0.337 e. The van der Waals surface area contributed by atoms with Gasteiger partial charge in [0.15, 0.2) is 0 Å². The lowest BCUT2D eigenvalue weighted by atomic mass is 10.1. The van der Waals surface area contributed by atoms with Crippen molar-refractivity contribution in [3.63, 3.8) is 0 Å². The van der Waals surface area contributed by atoms with Crippen LogP contribution in [0.3, 0.4) is 0 Å². The fraction of sp³-hybridized carbons (Fsp3) is 0.310. The summed E-state index contributed by atoms with van der Waals surface area (Å²) in [6.45, 7) is 3.43. The van der Waals surface area contributed by atoms with Gasteiger partial charge < -0.3 is 24.4 Å². The minimum absolute atomic E-state index is 0.238. The lowest BCUT2D eigenvalue weighted by molar-refractivity contribution is 0.00582. The van der Waals surface area contributed by atoms with Crippen molar-refractivity contribution in [2.45, 2.75) is 12.7 Å². The van der Waals surface area contributed by atoms with Crippen LogP contribution in [0.2, 0.25) is 0 Å². The summed E-state index contributed by atoms with van der Waals surface area (Å²) in [6, 6.07) is 20.6. The molecule has 1 N–H and O–H groups in total. The Morgan fingerprint density at radius 2 is 1.68 bits per heavy atom. The first kappa shape index (κ1) is 27.1. The van der Waals surface area contributed by atoms with Crippen molar-refractivity contribution >= 4 is 17.7 Å². The molecule has 38 heavy (non-hydrogen) atoms. The van der Waals surface area contributed by atoms with Crippen LogP contribution in [0, 0.1) is 5.82 Å². The van der Waals surface area contributed by atoms with Gasteiger partial charge in [0.2, 0.25) is 0 Å². The number of ether oxygens (including phenoxy) is 3. The Kier molecular flexibility index (Phi) is 9.29. The van der Waals surface area contributed by atoms with Gasteiger partial charge in [-0.2, -0.15) is 0 Å². The third-order valence-corrected chi connectivity index (χ3v) is 6.45. The monoisotopic (exact) mass is 521 g/mol. The second kappa shape index (κ2) is 13.0. The highest BCUT2D eigenvalue weighted by atomic mass is 19.1. The van der Waals surface area contributed by atoms with Gasteiger partial charge in [0.25, 0.3) is 0 Å². The van der Waals surface area contributed by atoms with E-state index >= 15 is 0 Å². The molecule has 3 aromatic carbocycles. The van der Waals surface area contributed by atoms with Crippen LogP contribution in [-0.2, 0) is 16.1 Å². The molecule has 1 fully saturated rings. The number of urea groups is 1. The number of hydrogen-bond acceptors (Lipinski definition) is 6. The number of piperazine rings is 1. The van der Waals surface area contributed by atoms with Gasteiger partial charge in [0.05, 0.1) is 32.5 Å². The molecule has 9 heteroatoms. The van der Waals surface area contributed by atoms with E-state index in [1.165, 1.54) is 19.2 Å². The zero-order valence-electron chi connectivity index (χ0n) is 21.6. The number of halogens is 1. The highest BCUT2D eigenvalue weighted by Crippen LogP contribution is 2.25. The van der Waals surface area contributed by atoms with E-state index in [-0.39, 0.29) is 18.1 Å². The predicted molar refractivity (Wildman–Crippen MR) is 142 cm³/mol. The first-order valence-corrected chi connectivity index (χ1v) is 12.4. The van der Waals surface area contributed by atoms with Gasteiger partial charge in [-0.25, -0.2) is 14.0 Å². The van der Waals surface area contributed by atoms with Crippen molar-refractivity contribution in [2.24, 2.45) is 0 Å². The number of esters is 1. The summed E-state index contributed by atoms with van der Waals surface area (Å²) in [5, 5.41) is 2.76. The average molecular weight is 522 g/mol. The summed E-state index contributed by atoms with van der Waals surface area (Å²) < 4.78 is 30.0. The number of nitrogens with one attached hydrogen (secondary N) is 1. The minimum atomic E-state index is -0.393. The van der Waals surface area contributed by atoms with Crippen LogP contribution in [-0.4, -0.2) is 68.7 Å². The number of benzene rings is 3. The number of methoxy groups -OCH3 is 2. The molecule has 8 nitrogen and oxygen atoms in total. The molecule has 2 amide bonds. The standard InChI is InChI=1S/C29H32FN3O5/c1-36-26-8-3-5-23(17-26)27(38-20-21-9-11-22(12-10-21)28(34)37-2)19-32-13-15-33(16-14-32)29(35)31-25-7-4-6-24(30)18-25/h3-12,17-18,27H,13-16,19-20H2,1-2H3,(H,31,35). The normalized spacial score (nSPS) is 14.6. The number of amides is 2. The molecule has 0 aromatic heterocycles. The maximum Gasteiger partial charge on any atom is 0.337 e. The maximum absolute atomic E-state index is 13.4. The Labute approximate surface area is 221 Å². The predicted octanol–water partition coefficient (Wildman–Crippen LogP) is 4.73. The van der Waals surface area contributed by atoms with Crippen molar-refractivity contribution in [3.05, 3.63) is 95.3 Å². The van der Waals surface area contributed by atoms with E-state index < -0.39 is 5.82 Å². The molecule has 3 aromatic rings. The zero-order chi connectivity index (χ0) is 26.9. The van der Waals surface area contributed by atoms with E-state index in [2.05, 4.69) is 10.2 Å². The number of carbonyl (C=O) groups excluding carboxylic acids is 2. The van der Waals surface area contributed by atoms with Crippen molar-refractivity contribution in [1.82, 2.24) is 9.80 Å².